The molecule has 3 rings (SSSR count). The van der Waals surface area contributed by atoms with Crippen LogP contribution in [0.2, 0.25) is 0 Å². The molecule has 2 atom stereocenters. The van der Waals surface area contributed by atoms with Crippen LogP contribution in [0.25, 0.3) is 0 Å². The Balaban J connectivity index is 1.92. The average molecular weight is 302 g/mol. The molecule has 0 unspecified atom stereocenters. The topological polar surface area (TPSA) is 79.2 Å². The van der Waals surface area contributed by atoms with Gasteiger partial charge in [0.25, 0.3) is 0 Å². The van der Waals surface area contributed by atoms with Crippen LogP contribution in [0.4, 0.5) is 0 Å². The minimum atomic E-state index is -1.23. The average Bonchev–Trinajstić information content (AvgIpc) is 2.50. The summed E-state index contributed by atoms with van der Waals surface area (Å²) in [5.41, 5.74) is 0.344. The lowest BCUT2D eigenvalue weighted by Gasteiger charge is -2.40. The molecule has 0 bridgehead atoms. The Morgan fingerprint density at radius 2 is 1.82 bits per heavy atom. The molecule has 2 aromatic rings. The Labute approximate surface area is 128 Å². The van der Waals surface area contributed by atoms with Crippen LogP contribution in [0.15, 0.2) is 42.5 Å². The van der Waals surface area contributed by atoms with Crippen molar-refractivity contribution >= 4 is 0 Å². The number of hydrogen-bond acceptors (Lipinski definition) is 5. The highest BCUT2D eigenvalue weighted by Gasteiger charge is 2.44. The quantitative estimate of drug-likeness (QED) is 0.809. The molecule has 3 N–H and O–H groups in total. The summed E-state index contributed by atoms with van der Waals surface area (Å²) in [6.07, 6.45) is -0.239. The second-order valence-corrected chi connectivity index (χ2v) is 5.57. The molecule has 0 amide bonds. The standard InChI is InChI=1S/C17H18O5/c1-21-16-14-7-6-13(19)8-15(14)22-10-17(16,20)9-11-2-4-12(18)5-3-11/h2-8,16,18-20H,9-10H2,1H3/t16-,17-/m1/s1. The van der Waals surface area contributed by atoms with E-state index in [1.807, 2.05) is 0 Å². The maximum absolute atomic E-state index is 11.0. The monoisotopic (exact) mass is 302 g/mol. The van der Waals surface area contributed by atoms with Crippen molar-refractivity contribution in [3.8, 4) is 17.2 Å². The SMILES string of the molecule is CO[C@@H]1c2ccc(O)cc2OC[C@]1(O)Cc1ccc(O)cc1. The van der Waals surface area contributed by atoms with E-state index in [2.05, 4.69) is 0 Å². The van der Waals surface area contributed by atoms with Gasteiger partial charge < -0.3 is 24.8 Å². The number of fused-ring (bicyclic) bond motifs is 1. The number of ether oxygens (including phenoxy) is 2. The first-order chi connectivity index (χ1) is 10.5. The third-order valence-corrected chi connectivity index (χ3v) is 3.93. The first-order valence-electron chi connectivity index (χ1n) is 7.00. The molecule has 0 spiro atoms. The molecule has 22 heavy (non-hydrogen) atoms. The molecule has 1 heterocycles. The second kappa shape index (κ2) is 5.51. The highest BCUT2D eigenvalue weighted by atomic mass is 16.5. The van der Waals surface area contributed by atoms with Gasteiger partial charge in [-0.1, -0.05) is 12.1 Å². The van der Waals surface area contributed by atoms with Gasteiger partial charge in [0.2, 0.25) is 0 Å². The van der Waals surface area contributed by atoms with E-state index < -0.39 is 11.7 Å². The third-order valence-electron chi connectivity index (χ3n) is 3.93. The molecule has 0 aromatic heterocycles. The fourth-order valence-electron chi connectivity index (χ4n) is 2.89. The van der Waals surface area contributed by atoms with Gasteiger partial charge in [-0.2, -0.15) is 0 Å². The molecule has 1 aliphatic rings. The maximum Gasteiger partial charge on any atom is 0.133 e. The number of phenols is 2. The van der Waals surface area contributed by atoms with Crippen LogP contribution in [0.1, 0.15) is 17.2 Å². The van der Waals surface area contributed by atoms with Crippen molar-refractivity contribution in [3.63, 3.8) is 0 Å². The van der Waals surface area contributed by atoms with Gasteiger partial charge in [0.15, 0.2) is 0 Å². The van der Waals surface area contributed by atoms with Gasteiger partial charge in [-0.25, -0.2) is 0 Å². The number of rotatable bonds is 3. The Morgan fingerprint density at radius 3 is 2.50 bits per heavy atom. The van der Waals surface area contributed by atoms with Gasteiger partial charge in [-0.15, -0.1) is 0 Å². The number of hydrogen-bond donors (Lipinski definition) is 3. The van der Waals surface area contributed by atoms with Crippen molar-refractivity contribution in [2.45, 2.75) is 18.1 Å². The van der Waals surface area contributed by atoms with E-state index >= 15 is 0 Å². The summed E-state index contributed by atoms with van der Waals surface area (Å²) in [5.74, 6) is 0.805. The van der Waals surface area contributed by atoms with E-state index in [1.165, 1.54) is 13.2 Å². The zero-order chi connectivity index (χ0) is 15.7. The van der Waals surface area contributed by atoms with Crippen LogP contribution in [0.5, 0.6) is 17.2 Å². The molecule has 2 aromatic carbocycles. The van der Waals surface area contributed by atoms with Gasteiger partial charge in [-0.3, -0.25) is 0 Å². The van der Waals surface area contributed by atoms with Gasteiger partial charge >= 0.3 is 0 Å². The Hall–Kier alpha value is -2.24. The molecular weight excluding hydrogens is 284 g/mol. The molecule has 5 heteroatoms. The second-order valence-electron chi connectivity index (χ2n) is 5.57. The highest BCUT2D eigenvalue weighted by Crippen LogP contribution is 2.42. The van der Waals surface area contributed by atoms with Crippen LogP contribution in [0.3, 0.4) is 0 Å². The summed E-state index contributed by atoms with van der Waals surface area (Å²) in [7, 11) is 1.54. The molecular formula is C17H18O5. The van der Waals surface area contributed by atoms with Gasteiger partial charge in [0.05, 0.1) is 0 Å². The van der Waals surface area contributed by atoms with E-state index in [-0.39, 0.29) is 18.1 Å². The fourth-order valence-corrected chi connectivity index (χ4v) is 2.89. The van der Waals surface area contributed by atoms with E-state index in [0.29, 0.717) is 17.7 Å². The van der Waals surface area contributed by atoms with E-state index in [0.717, 1.165) is 5.56 Å². The van der Waals surface area contributed by atoms with Crippen molar-refractivity contribution in [3.05, 3.63) is 53.6 Å². The number of aromatic hydroxyl groups is 2. The van der Waals surface area contributed by atoms with E-state index in [9.17, 15) is 15.3 Å². The molecule has 0 radical (unpaired) electrons. The molecule has 116 valence electrons. The van der Waals surface area contributed by atoms with E-state index in [1.54, 1.807) is 36.4 Å². The van der Waals surface area contributed by atoms with E-state index in [4.69, 9.17) is 9.47 Å². The lowest BCUT2D eigenvalue weighted by Crippen LogP contribution is -2.48. The minimum absolute atomic E-state index is 0.0584. The zero-order valence-corrected chi connectivity index (χ0v) is 12.2. The molecule has 5 nitrogen and oxygen atoms in total. The van der Waals surface area contributed by atoms with Crippen LogP contribution in [-0.2, 0) is 11.2 Å². The normalized spacial score (nSPS) is 23.6. The van der Waals surface area contributed by atoms with Crippen LogP contribution >= 0.6 is 0 Å². The predicted molar refractivity (Wildman–Crippen MR) is 80.1 cm³/mol. The summed E-state index contributed by atoms with van der Waals surface area (Å²) in [6.45, 7) is 0.0584. The van der Waals surface area contributed by atoms with Crippen LogP contribution in [-0.4, -0.2) is 34.6 Å². The summed E-state index contributed by atoms with van der Waals surface area (Å²) < 4.78 is 11.1. The van der Waals surface area contributed by atoms with Crippen molar-refractivity contribution in [2.75, 3.05) is 13.7 Å². The lowest BCUT2D eigenvalue weighted by molar-refractivity contribution is -0.129. The molecule has 0 saturated carbocycles. The molecule has 0 saturated heterocycles. The number of methoxy groups -OCH3 is 1. The van der Waals surface area contributed by atoms with Crippen LogP contribution < -0.4 is 4.74 Å². The maximum atomic E-state index is 11.0. The third kappa shape index (κ3) is 2.61. The number of benzene rings is 2. The van der Waals surface area contributed by atoms with Gasteiger partial charge in [0, 0.05) is 25.2 Å². The van der Waals surface area contributed by atoms with Crippen molar-refractivity contribution in [1.82, 2.24) is 0 Å². The largest absolute Gasteiger partial charge is 0.508 e. The molecule has 0 aliphatic carbocycles. The van der Waals surface area contributed by atoms with Crippen molar-refractivity contribution in [2.24, 2.45) is 0 Å². The predicted octanol–water partition coefficient (Wildman–Crippen LogP) is 2.15. The first-order valence-corrected chi connectivity index (χ1v) is 7.00. The van der Waals surface area contributed by atoms with Crippen molar-refractivity contribution < 1.29 is 24.8 Å². The van der Waals surface area contributed by atoms with Gasteiger partial charge in [-0.05, 0) is 29.8 Å². The molecule has 0 fully saturated rings. The number of phenolic OH excluding ortho intramolecular Hbond substituents is 2. The summed E-state index contributed by atoms with van der Waals surface area (Å²) in [4.78, 5) is 0. The summed E-state index contributed by atoms with van der Waals surface area (Å²) >= 11 is 0. The van der Waals surface area contributed by atoms with Gasteiger partial charge in [0.1, 0.15) is 35.6 Å². The summed E-state index contributed by atoms with van der Waals surface area (Å²) in [5, 5.41) is 29.9. The highest BCUT2D eigenvalue weighted by molar-refractivity contribution is 5.44. The Bertz CT molecular complexity index is 667. The number of aliphatic hydroxyl groups is 1. The molecule has 1 aliphatic heterocycles. The smallest absolute Gasteiger partial charge is 0.133 e. The first kappa shape index (κ1) is 14.7. The summed E-state index contributed by atoms with van der Waals surface area (Å²) in [6, 6.07) is 11.4. The lowest BCUT2D eigenvalue weighted by atomic mass is 9.83. The zero-order valence-electron chi connectivity index (χ0n) is 12.2. The Morgan fingerprint density at radius 1 is 1.14 bits per heavy atom. The van der Waals surface area contributed by atoms with Crippen molar-refractivity contribution in [1.29, 1.82) is 0 Å². The Kier molecular flexibility index (Phi) is 3.68. The fraction of sp³-hybridized carbons (Fsp3) is 0.294. The minimum Gasteiger partial charge on any atom is -0.508 e. The van der Waals surface area contributed by atoms with Crippen LogP contribution in [0, 0.1) is 0 Å².